The number of hydrogen-bond donors (Lipinski definition) is 0. The molecule has 0 saturated heterocycles. The molecule has 0 saturated carbocycles. The number of benzene rings is 3. The van der Waals surface area contributed by atoms with E-state index in [1.54, 1.807) is 45.4 Å². The van der Waals surface area contributed by atoms with Gasteiger partial charge in [-0.15, -0.1) is 15.3 Å². The molecule has 206 valence electrons. The number of aryl methyl sites for hydroxylation is 1. The second-order valence-electron chi connectivity index (χ2n) is 8.33. The van der Waals surface area contributed by atoms with E-state index in [0.29, 0.717) is 41.8 Å². The predicted molar refractivity (Wildman–Crippen MR) is 148 cm³/mol. The van der Waals surface area contributed by atoms with Crippen LogP contribution in [0.1, 0.15) is 5.56 Å². The molecular formula is C27H32N6O6. The lowest BCUT2D eigenvalue weighted by atomic mass is 10.2. The number of azo groups is 2. The van der Waals surface area contributed by atoms with Gasteiger partial charge in [-0.05, 0) is 42.8 Å². The molecule has 0 heterocycles. The van der Waals surface area contributed by atoms with Crippen LogP contribution in [0.3, 0.4) is 0 Å². The van der Waals surface area contributed by atoms with Gasteiger partial charge < -0.3 is 23.8 Å². The Bertz CT molecular complexity index is 1300. The summed E-state index contributed by atoms with van der Waals surface area (Å²) in [6, 6.07) is 15.6. The largest absolute Gasteiger partial charge is 0.494 e. The second kappa shape index (κ2) is 14.5. The van der Waals surface area contributed by atoms with Crippen LogP contribution in [-0.4, -0.2) is 59.7 Å². The molecule has 3 aromatic rings. The lowest BCUT2D eigenvalue weighted by molar-refractivity contribution is -0.384. The molecule has 0 aliphatic carbocycles. The zero-order valence-corrected chi connectivity index (χ0v) is 22.7. The molecule has 3 aromatic carbocycles. The lowest BCUT2D eigenvalue weighted by Gasteiger charge is -2.24. The summed E-state index contributed by atoms with van der Waals surface area (Å²) >= 11 is 0. The monoisotopic (exact) mass is 536 g/mol. The maximum atomic E-state index is 11.4. The van der Waals surface area contributed by atoms with Crippen LogP contribution in [0.25, 0.3) is 0 Å². The lowest BCUT2D eigenvalue weighted by Crippen LogP contribution is -2.30. The van der Waals surface area contributed by atoms with Crippen molar-refractivity contribution in [2.45, 2.75) is 6.92 Å². The number of nitro benzene ring substituents is 1. The zero-order chi connectivity index (χ0) is 28.2. The zero-order valence-electron chi connectivity index (χ0n) is 22.7. The van der Waals surface area contributed by atoms with Crippen LogP contribution >= 0.6 is 0 Å². The van der Waals surface area contributed by atoms with Crippen LogP contribution in [0, 0.1) is 17.0 Å². The van der Waals surface area contributed by atoms with E-state index in [0.717, 1.165) is 24.3 Å². The van der Waals surface area contributed by atoms with Gasteiger partial charge in [0.25, 0.3) is 5.69 Å². The first-order valence-corrected chi connectivity index (χ1v) is 12.1. The van der Waals surface area contributed by atoms with Gasteiger partial charge in [-0.1, -0.05) is 6.07 Å². The minimum atomic E-state index is -0.494. The number of ether oxygens (including phenoxy) is 4. The van der Waals surface area contributed by atoms with E-state index >= 15 is 0 Å². The maximum Gasteiger partial charge on any atom is 0.296 e. The van der Waals surface area contributed by atoms with Crippen molar-refractivity contribution in [3.05, 3.63) is 70.3 Å². The van der Waals surface area contributed by atoms with Gasteiger partial charge in [0.15, 0.2) is 5.69 Å². The first-order valence-electron chi connectivity index (χ1n) is 12.1. The number of anilines is 1. The first-order chi connectivity index (χ1) is 18.9. The molecule has 0 aliphatic heterocycles. The van der Waals surface area contributed by atoms with Gasteiger partial charge >= 0.3 is 0 Å². The normalized spacial score (nSPS) is 11.3. The van der Waals surface area contributed by atoms with Crippen LogP contribution in [0.2, 0.25) is 0 Å². The Morgan fingerprint density at radius 2 is 1.28 bits per heavy atom. The Labute approximate surface area is 227 Å². The van der Waals surface area contributed by atoms with E-state index in [4.69, 9.17) is 18.9 Å². The predicted octanol–water partition coefficient (Wildman–Crippen LogP) is 6.85. The summed E-state index contributed by atoms with van der Waals surface area (Å²) in [5.74, 6) is 0.736. The van der Waals surface area contributed by atoms with Gasteiger partial charge in [-0.2, -0.15) is 5.11 Å². The number of nitrogens with zero attached hydrogens (tertiary/aromatic N) is 6. The quantitative estimate of drug-likeness (QED) is 0.125. The van der Waals surface area contributed by atoms with Gasteiger partial charge in [0.1, 0.15) is 22.9 Å². The van der Waals surface area contributed by atoms with E-state index in [1.165, 1.54) is 20.3 Å². The van der Waals surface area contributed by atoms with Crippen molar-refractivity contribution < 1.29 is 23.9 Å². The van der Waals surface area contributed by atoms with Gasteiger partial charge in [-0.25, -0.2) is 0 Å². The molecular weight excluding hydrogens is 504 g/mol. The summed E-state index contributed by atoms with van der Waals surface area (Å²) in [7, 11) is 6.32. The smallest absolute Gasteiger partial charge is 0.296 e. The highest BCUT2D eigenvalue weighted by molar-refractivity contribution is 5.67. The number of methoxy groups -OCH3 is 4. The molecule has 12 heteroatoms. The molecule has 0 unspecified atom stereocenters. The molecule has 0 bridgehead atoms. The van der Waals surface area contributed by atoms with E-state index in [-0.39, 0.29) is 11.4 Å². The number of nitro groups is 1. The first kappa shape index (κ1) is 29.1. The molecule has 0 radical (unpaired) electrons. The summed E-state index contributed by atoms with van der Waals surface area (Å²) in [5, 5.41) is 28.3. The second-order valence-corrected chi connectivity index (χ2v) is 8.33. The van der Waals surface area contributed by atoms with Gasteiger partial charge in [0.2, 0.25) is 0 Å². The summed E-state index contributed by atoms with van der Waals surface area (Å²) in [6.07, 6.45) is 0. The Kier molecular flexibility index (Phi) is 10.8. The molecule has 0 N–H and O–H groups in total. The van der Waals surface area contributed by atoms with Crippen LogP contribution in [0.15, 0.2) is 75.1 Å². The van der Waals surface area contributed by atoms with Gasteiger partial charge in [0, 0.05) is 51.2 Å². The molecule has 0 atom stereocenters. The molecule has 3 rings (SSSR count). The fraction of sp³-hybridized carbons (Fsp3) is 0.333. The van der Waals surface area contributed by atoms with Crippen LogP contribution in [0.4, 0.5) is 34.1 Å². The van der Waals surface area contributed by atoms with E-state index in [2.05, 4.69) is 25.4 Å². The highest BCUT2D eigenvalue weighted by Gasteiger charge is 2.15. The summed E-state index contributed by atoms with van der Waals surface area (Å²) in [6.45, 7) is 4.44. The standard InChI is InChI=1S/C27H32N6O6/c1-19-6-11-22(25(16-19)33(34)35)29-31-24-18-26(38-4)23(17-27(24)39-5)30-28-20-7-9-21(10-8-20)32(12-14-36-2)13-15-37-3/h6-11,16-18H,12-15H2,1-5H3. The highest BCUT2D eigenvalue weighted by atomic mass is 16.6. The van der Waals surface area contributed by atoms with Crippen LogP contribution in [0.5, 0.6) is 11.5 Å². The Morgan fingerprint density at radius 3 is 1.79 bits per heavy atom. The van der Waals surface area contributed by atoms with Crippen LogP contribution < -0.4 is 14.4 Å². The molecule has 0 aliphatic rings. The molecule has 0 amide bonds. The van der Waals surface area contributed by atoms with Crippen molar-refractivity contribution in [1.29, 1.82) is 0 Å². The topological polar surface area (TPSA) is 133 Å². The van der Waals surface area contributed by atoms with E-state index in [9.17, 15) is 10.1 Å². The maximum absolute atomic E-state index is 11.4. The average molecular weight is 537 g/mol. The van der Waals surface area contributed by atoms with Crippen molar-refractivity contribution in [3.8, 4) is 11.5 Å². The van der Waals surface area contributed by atoms with Crippen molar-refractivity contribution in [2.24, 2.45) is 20.5 Å². The number of hydrogen-bond acceptors (Lipinski definition) is 11. The minimum absolute atomic E-state index is 0.127. The van der Waals surface area contributed by atoms with Crippen molar-refractivity contribution in [2.75, 3.05) is 59.6 Å². The van der Waals surface area contributed by atoms with Crippen molar-refractivity contribution in [3.63, 3.8) is 0 Å². The van der Waals surface area contributed by atoms with Crippen LogP contribution in [-0.2, 0) is 9.47 Å². The third-order valence-corrected chi connectivity index (χ3v) is 5.69. The highest BCUT2D eigenvalue weighted by Crippen LogP contribution is 2.41. The summed E-state index contributed by atoms with van der Waals surface area (Å²) in [5.41, 5.74) is 3.14. The van der Waals surface area contributed by atoms with Gasteiger partial charge in [-0.3, -0.25) is 10.1 Å². The molecule has 0 fully saturated rings. The third kappa shape index (κ3) is 8.03. The van der Waals surface area contributed by atoms with Gasteiger partial charge in [0.05, 0.1) is 38.0 Å². The molecule has 39 heavy (non-hydrogen) atoms. The van der Waals surface area contributed by atoms with E-state index < -0.39 is 4.92 Å². The van der Waals surface area contributed by atoms with Crippen molar-refractivity contribution in [1.82, 2.24) is 0 Å². The van der Waals surface area contributed by atoms with E-state index in [1.807, 2.05) is 24.3 Å². The summed E-state index contributed by atoms with van der Waals surface area (Å²) < 4.78 is 21.4. The molecule has 0 spiro atoms. The molecule has 12 nitrogen and oxygen atoms in total. The number of rotatable bonds is 14. The summed E-state index contributed by atoms with van der Waals surface area (Å²) in [4.78, 5) is 13.1. The SMILES string of the molecule is COCCN(CCOC)c1ccc(N=Nc2cc(OC)c(N=Nc3ccc(C)cc3[N+](=O)[O-])cc2OC)cc1. The third-order valence-electron chi connectivity index (χ3n) is 5.69. The fourth-order valence-electron chi connectivity index (χ4n) is 3.61. The molecule has 0 aromatic heterocycles. The Balaban J connectivity index is 1.84. The Hall–Kier alpha value is -4.42. The van der Waals surface area contributed by atoms with Crippen molar-refractivity contribution >= 4 is 34.1 Å². The fourth-order valence-corrected chi connectivity index (χ4v) is 3.61. The average Bonchev–Trinajstić information content (AvgIpc) is 2.95. The minimum Gasteiger partial charge on any atom is -0.494 e. The Morgan fingerprint density at radius 1 is 0.744 bits per heavy atom.